The minimum absolute atomic E-state index is 0.0492. The van der Waals surface area contributed by atoms with Crippen LogP contribution in [0, 0.1) is 17.6 Å². The van der Waals surface area contributed by atoms with Crippen LogP contribution in [0.15, 0.2) is 24.8 Å². The number of piperidine rings is 1. The number of nitrogens with zero attached hydrogens (tertiary/aromatic N) is 7. The maximum Gasteiger partial charge on any atom is 0.263 e. The molecule has 0 aromatic carbocycles. The van der Waals surface area contributed by atoms with Gasteiger partial charge in [0.1, 0.15) is 11.3 Å². The van der Waals surface area contributed by atoms with Crippen molar-refractivity contribution in [2.75, 3.05) is 55.2 Å². The van der Waals surface area contributed by atoms with Gasteiger partial charge in [0.15, 0.2) is 23.1 Å². The third kappa shape index (κ3) is 4.40. The Labute approximate surface area is 217 Å². The summed E-state index contributed by atoms with van der Waals surface area (Å²) in [6, 6.07) is 0.473. The van der Waals surface area contributed by atoms with Gasteiger partial charge >= 0.3 is 0 Å². The molecular weight excluding hydrogens is 496 g/mol. The zero-order valence-corrected chi connectivity index (χ0v) is 20.8. The minimum Gasteiger partial charge on any atom is -0.381 e. The van der Waals surface area contributed by atoms with Gasteiger partial charge in [0.2, 0.25) is 5.91 Å². The largest absolute Gasteiger partial charge is 0.381 e. The number of nitrogens with one attached hydrogen (secondary N) is 1. The molecule has 1 unspecified atom stereocenters. The highest BCUT2D eigenvalue weighted by molar-refractivity contribution is 6.12. The van der Waals surface area contributed by atoms with Gasteiger partial charge in [-0.1, -0.05) is 0 Å². The second kappa shape index (κ2) is 9.78. The topological polar surface area (TPSA) is 125 Å². The first-order valence-corrected chi connectivity index (χ1v) is 12.9. The summed E-state index contributed by atoms with van der Waals surface area (Å²) in [6.07, 6.45) is 8.00. The maximum atomic E-state index is 15.0. The van der Waals surface area contributed by atoms with Crippen molar-refractivity contribution in [3.05, 3.63) is 42.0 Å². The van der Waals surface area contributed by atoms with E-state index < -0.39 is 17.5 Å². The van der Waals surface area contributed by atoms with Gasteiger partial charge in [-0.2, -0.15) is 0 Å². The van der Waals surface area contributed by atoms with Gasteiger partial charge in [-0.15, -0.1) is 5.10 Å². The van der Waals surface area contributed by atoms with E-state index in [4.69, 9.17) is 5.73 Å². The summed E-state index contributed by atoms with van der Waals surface area (Å²) in [4.78, 5) is 40.5. The highest BCUT2D eigenvalue weighted by atomic mass is 19.1. The Morgan fingerprint density at radius 1 is 1.03 bits per heavy atom. The fraction of sp³-hybridized carbons (Fsp3) is 0.480. The van der Waals surface area contributed by atoms with E-state index >= 15 is 4.39 Å². The molecule has 0 saturated carbocycles. The average Bonchev–Trinajstić information content (AvgIpc) is 3.51. The number of nitrogens with two attached hydrogens (primary N) is 1. The molecule has 3 fully saturated rings. The molecule has 6 heterocycles. The van der Waals surface area contributed by atoms with Crippen LogP contribution in [-0.4, -0.2) is 86.5 Å². The lowest BCUT2D eigenvalue weighted by Crippen LogP contribution is -2.54. The summed E-state index contributed by atoms with van der Waals surface area (Å²) in [6.45, 7) is 4.54. The number of fused-ring (bicyclic) bond motifs is 2. The number of hydrogen-bond donors (Lipinski definition) is 2. The van der Waals surface area contributed by atoms with Crippen LogP contribution in [0.25, 0.3) is 5.65 Å². The molecule has 0 bridgehead atoms. The van der Waals surface area contributed by atoms with E-state index in [1.807, 2.05) is 9.80 Å². The van der Waals surface area contributed by atoms with Crippen LogP contribution in [0.1, 0.15) is 36.0 Å². The number of carbonyl (C=O) groups excluding carboxylic acids is 2. The number of aromatic nitrogens is 4. The first kappa shape index (κ1) is 24.5. The Morgan fingerprint density at radius 3 is 2.66 bits per heavy atom. The van der Waals surface area contributed by atoms with Crippen molar-refractivity contribution in [1.82, 2.24) is 29.4 Å². The third-order valence-electron chi connectivity index (χ3n) is 7.88. The van der Waals surface area contributed by atoms with Crippen molar-refractivity contribution >= 4 is 34.7 Å². The molecule has 11 nitrogen and oxygen atoms in total. The molecule has 3 N–H and O–H groups in total. The first-order valence-electron chi connectivity index (χ1n) is 12.9. The SMILES string of the molecule is Nc1nn2cc(F)cnc2c1C(=O)Nc1cncc(F)c1N1CCC(C(=O)N2CCN3CCCC3C2)CC1. The first-order chi connectivity index (χ1) is 18.4. The zero-order chi connectivity index (χ0) is 26.4. The molecule has 2 amide bonds. The van der Waals surface area contributed by atoms with E-state index in [0.29, 0.717) is 32.0 Å². The number of pyridine rings is 1. The summed E-state index contributed by atoms with van der Waals surface area (Å²) in [5, 5.41) is 6.62. The molecule has 3 aromatic rings. The second-order valence-electron chi connectivity index (χ2n) is 10.1. The molecule has 3 aliphatic rings. The van der Waals surface area contributed by atoms with E-state index in [2.05, 4.69) is 25.3 Å². The van der Waals surface area contributed by atoms with Gasteiger partial charge in [-0.25, -0.2) is 18.3 Å². The van der Waals surface area contributed by atoms with Crippen LogP contribution in [0.4, 0.5) is 26.0 Å². The van der Waals surface area contributed by atoms with Crippen LogP contribution in [-0.2, 0) is 4.79 Å². The van der Waals surface area contributed by atoms with Crippen LogP contribution >= 0.6 is 0 Å². The Morgan fingerprint density at radius 2 is 1.84 bits per heavy atom. The van der Waals surface area contributed by atoms with E-state index in [0.717, 1.165) is 55.7 Å². The fourth-order valence-electron chi connectivity index (χ4n) is 5.97. The fourth-order valence-corrected chi connectivity index (χ4v) is 5.97. The predicted molar refractivity (Wildman–Crippen MR) is 136 cm³/mol. The van der Waals surface area contributed by atoms with Crippen molar-refractivity contribution < 1.29 is 18.4 Å². The van der Waals surface area contributed by atoms with Crippen molar-refractivity contribution in [1.29, 1.82) is 0 Å². The standard InChI is InChI=1S/C25H29F2N9O2/c26-16-10-30-23-20(22(28)32-36(23)13-16)24(37)31-19-12-29-11-18(27)21(19)34-6-3-15(4-7-34)25(38)35-9-8-33-5-1-2-17(33)14-35/h10-13,15,17H,1-9,14H2,(H2,28,32)(H,31,37). The molecule has 1 atom stereocenters. The van der Waals surface area contributed by atoms with Crippen molar-refractivity contribution in [3.8, 4) is 0 Å². The lowest BCUT2D eigenvalue weighted by atomic mass is 9.94. The Bertz CT molecular complexity index is 1390. The van der Waals surface area contributed by atoms with E-state index in [1.54, 1.807) is 0 Å². The molecular formula is C25H29F2N9O2. The van der Waals surface area contributed by atoms with Gasteiger partial charge in [0, 0.05) is 44.7 Å². The van der Waals surface area contributed by atoms with Crippen LogP contribution in [0.3, 0.4) is 0 Å². The molecule has 6 rings (SSSR count). The second-order valence-corrected chi connectivity index (χ2v) is 10.1. The number of rotatable bonds is 4. The van der Waals surface area contributed by atoms with Gasteiger partial charge in [0.05, 0.1) is 30.5 Å². The molecule has 200 valence electrons. The van der Waals surface area contributed by atoms with Gasteiger partial charge in [0.25, 0.3) is 5.91 Å². The van der Waals surface area contributed by atoms with Gasteiger partial charge in [-0.05, 0) is 32.2 Å². The summed E-state index contributed by atoms with van der Waals surface area (Å²) in [5.41, 5.74) is 6.30. The van der Waals surface area contributed by atoms with Crippen LogP contribution < -0.4 is 16.0 Å². The molecule has 13 heteroatoms. The lowest BCUT2D eigenvalue weighted by molar-refractivity contribution is -0.138. The number of hydrogen-bond acceptors (Lipinski definition) is 8. The highest BCUT2D eigenvalue weighted by Crippen LogP contribution is 2.33. The van der Waals surface area contributed by atoms with Gasteiger partial charge < -0.3 is 20.9 Å². The van der Waals surface area contributed by atoms with Crippen molar-refractivity contribution in [3.63, 3.8) is 0 Å². The molecule has 38 heavy (non-hydrogen) atoms. The van der Waals surface area contributed by atoms with E-state index in [9.17, 15) is 14.0 Å². The molecule has 0 aliphatic carbocycles. The quantitative estimate of drug-likeness (QED) is 0.528. The highest BCUT2D eigenvalue weighted by Gasteiger charge is 2.36. The Kier molecular flexibility index (Phi) is 6.30. The number of nitrogen functional groups attached to an aromatic ring is 1. The third-order valence-corrected chi connectivity index (χ3v) is 7.88. The summed E-state index contributed by atoms with van der Waals surface area (Å²) < 4.78 is 29.6. The molecule has 3 saturated heterocycles. The molecule has 3 aliphatic heterocycles. The number of halogens is 2. The zero-order valence-electron chi connectivity index (χ0n) is 20.8. The summed E-state index contributed by atoms with van der Waals surface area (Å²) in [5.74, 6) is -1.94. The number of piperazine rings is 1. The van der Waals surface area contributed by atoms with Crippen LogP contribution in [0.5, 0.6) is 0 Å². The lowest BCUT2D eigenvalue weighted by Gasteiger charge is -2.41. The normalized spacial score (nSPS) is 20.6. The minimum atomic E-state index is -0.665. The molecule has 3 aromatic heterocycles. The van der Waals surface area contributed by atoms with Gasteiger partial charge in [-0.3, -0.25) is 19.5 Å². The van der Waals surface area contributed by atoms with E-state index in [-0.39, 0.29) is 40.2 Å². The van der Waals surface area contributed by atoms with E-state index in [1.165, 1.54) is 12.6 Å². The monoisotopic (exact) mass is 525 g/mol. The molecule has 0 radical (unpaired) electrons. The average molecular weight is 526 g/mol. The summed E-state index contributed by atoms with van der Waals surface area (Å²) >= 11 is 0. The van der Waals surface area contributed by atoms with Crippen molar-refractivity contribution in [2.45, 2.75) is 31.7 Å². The van der Waals surface area contributed by atoms with Crippen LogP contribution in [0.2, 0.25) is 0 Å². The number of anilines is 3. The Hall–Kier alpha value is -3.87. The maximum absolute atomic E-state index is 15.0. The molecule has 0 spiro atoms. The number of amides is 2. The predicted octanol–water partition coefficient (Wildman–Crippen LogP) is 1.76. The Balaban J connectivity index is 1.16. The smallest absolute Gasteiger partial charge is 0.263 e. The number of carbonyl (C=O) groups is 2. The summed E-state index contributed by atoms with van der Waals surface area (Å²) in [7, 11) is 0. The van der Waals surface area contributed by atoms with Crippen molar-refractivity contribution in [2.24, 2.45) is 5.92 Å².